The predicted octanol–water partition coefficient (Wildman–Crippen LogP) is 3.48. The van der Waals surface area contributed by atoms with E-state index in [0.717, 1.165) is 37.8 Å². The van der Waals surface area contributed by atoms with E-state index in [9.17, 15) is 0 Å². The molecule has 1 aromatic carbocycles. The predicted molar refractivity (Wildman–Crippen MR) is 95.8 cm³/mol. The normalized spacial score (nSPS) is 20.2. The van der Waals surface area contributed by atoms with Gasteiger partial charge in [0, 0.05) is 12.1 Å². The molecule has 1 saturated carbocycles. The molecule has 0 bridgehead atoms. The Morgan fingerprint density at radius 3 is 2.38 bits per heavy atom. The fraction of sp³-hybridized carbons (Fsp3) is 0.556. The third kappa shape index (κ3) is 3.48. The van der Waals surface area contributed by atoms with E-state index in [-0.39, 0.29) is 12.4 Å². The average Bonchev–Trinajstić information content (AvgIpc) is 3.29. The van der Waals surface area contributed by atoms with E-state index in [4.69, 9.17) is 10.3 Å². The first-order chi connectivity index (χ1) is 11.2. The zero-order valence-electron chi connectivity index (χ0n) is 13.9. The van der Waals surface area contributed by atoms with E-state index in [1.165, 1.54) is 31.5 Å². The molecular formula is C18H25ClN4O. The fourth-order valence-corrected chi connectivity index (χ4v) is 3.72. The molecule has 1 aromatic heterocycles. The molecule has 2 aromatic rings. The van der Waals surface area contributed by atoms with Crippen molar-refractivity contribution in [3.63, 3.8) is 0 Å². The smallest absolute Gasteiger partial charge is 0.257 e. The van der Waals surface area contributed by atoms with E-state index >= 15 is 0 Å². The number of benzene rings is 1. The molecule has 1 saturated heterocycles. The van der Waals surface area contributed by atoms with Crippen LogP contribution in [-0.4, -0.2) is 28.1 Å². The first-order valence-electron chi connectivity index (χ1n) is 8.68. The van der Waals surface area contributed by atoms with Crippen LogP contribution in [-0.2, 0) is 12.1 Å². The number of nitrogens with two attached hydrogens (primary N) is 1. The summed E-state index contributed by atoms with van der Waals surface area (Å²) in [6.07, 6.45) is 6.83. The number of aromatic nitrogens is 2. The van der Waals surface area contributed by atoms with Crippen molar-refractivity contribution in [1.29, 1.82) is 0 Å². The summed E-state index contributed by atoms with van der Waals surface area (Å²) >= 11 is 0. The van der Waals surface area contributed by atoms with Gasteiger partial charge in [-0.15, -0.1) is 12.4 Å². The lowest BCUT2D eigenvalue weighted by Gasteiger charge is -2.17. The molecule has 6 heteroatoms. The van der Waals surface area contributed by atoms with Crippen molar-refractivity contribution in [3.05, 3.63) is 35.7 Å². The van der Waals surface area contributed by atoms with Crippen LogP contribution in [0.4, 0.5) is 0 Å². The first-order valence-corrected chi connectivity index (χ1v) is 8.68. The highest BCUT2D eigenvalue weighted by atomic mass is 35.5. The number of rotatable bonds is 4. The van der Waals surface area contributed by atoms with Crippen molar-refractivity contribution in [2.75, 3.05) is 13.1 Å². The largest absolute Gasteiger partial charge is 0.334 e. The summed E-state index contributed by atoms with van der Waals surface area (Å²) < 4.78 is 5.45. The van der Waals surface area contributed by atoms with Crippen LogP contribution in [0.5, 0.6) is 0 Å². The Hall–Kier alpha value is -1.43. The minimum absolute atomic E-state index is 0. The highest BCUT2D eigenvalue weighted by Gasteiger charge is 2.36. The van der Waals surface area contributed by atoms with Crippen LogP contribution >= 0.6 is 12.4 Å². The number of hydrogen-bond donors (Lipinski definition) is 1. The maximum atomic E-state index is 6.40. The minimum Gasteiger partial charge on any atom is -0.334 e. The molecule has 130 valence electrons. The van der Waals surface area contributed by atoms with Gasteiger partial charge in [-0.05, 0) is 56.5 Å². The Balaban J connectivity index is 0.00000169. The second-order valence-corrected chi connectivity index (χ2v) is 6.97. The molecule has 1 aliphatic carbocycles. The van der Waals surface area contributed by atoms with Crippen LogP contribution in [0.2, 0.25) is 0 Å². The van der Waals surface area contributed by atoms with E-state index in [1.807, 2.05) is 0 Å². The summed E-state index contributed by atoms with van der Waals surface area (Å²) in [6, 6.07) is 8.46. The third-order valence-corrected chi connectivity index (χ3v) is 5.17. The van der Waals surface area contributed by atoms with Gasteiger partial charge in [-0.2, -0.15) is 4.98 Å². The van der Waals surface area contributed by atoms with Gasteiger partial charge in [0.15, 0.2) is 5.82 Å². The number of likely N-dealkylation sites (tertiary alicyclic amines) is 1. The monoisotopic (exact) mass is 348 g/mol. The zero-order valence-corrected chi connectivity index (χ0v) is 14.7. The molecule has 2 aliphatic rings. The van der Waals surface area contributed by atoms with Crippen LogP contribution in [0, 0.1) is 0 Å². The van der Waals surface area contributed by atoms with Crippen molar-refractivity contribution in [2.24, 2.45) is 5.73 Å². The lowest BCUT2D eigenvalue weighted by atomic mass is 9.99. The molecule has 5 nitrogen and oxygen atoms in total. The summed E-state index contributed by atoms with van der Waals surface area (Å²) in [6.45, 7) is 3.46. The molecule has 2 fully saturated rings. The summed E-state index contributed by atoms with van der Waals surface area (Å²) in [5.41, 5.74) is 8.31. The second kappa shape index (κ2) is 7.21. The lowest BCUT2D eigenvalue weighted by molar-refractivity contribution is 0.331. The molecule has 24 heavy (non-hydrogen) atoms. The zero-order chi connectivity index (χ0) is 15.7. The SMILES string of the molecule is Cl.NC1(c2noc(-c3ccc(CN4CCCC4)cc3)n2)CCCC1. The van der Waals surface area contributed by atoms with E-state index in [2.05, 4.69) is 39.3 Å². The fourth-order valence-electron chi connectivity index (χ4n) is 3.72. The average molecular weight is 349 g/mol. The summed E-state index contributed by atoms with van der Waals surface area (Å²) in [7, 11) is 0. The van der Waals surface area contributed by atoms with Gasteiger partial charge >= 0.3 is 0 Å². The van der Waals surface area contributed by atoms with E-state index in [1.54, 1.807) is 0 Å². The number of nitrogens with zero attached hydrogens (tertiary/aromatic N) is 3. The summed E-state index contributed by atoms with van der Waals surface area (Å²) in [5.74, 6) is 1.23. The van der Waals surface area contributed by atoms with Gasteiger partial charge in [0.2, 0.25) is 0 Å². The van der Waals surface area contributed by atoms with Crippen molar-refractivity contribution in [1.82, 2.24) is 15.0 Å². The van der Waals surface area contributed by atoms with Crippen molar-refractivity contribution in [2.45, 2.75) is 50.6 Å². The molecule has 2 heterocycles. The summed E-state index contributed by atoms with van der Waals surface area (Å²) in [5, 5.41) is 4.13. The standard InChI is InChI=1S/C18H24N4O.ClH/c19-18(9-1-2-10-18)17-20-16(23-21-17)15-7-5-14(6-8-15)13-22-11-3-4-12-22;/h5-8H,1-4,9-13,19H2;1H. The molecule has 0 unspecified atom stereocenters. The molecule has 4 rings (SSSR count). The Bertz CT molecular complexity index is 658. The maximum Gasteiger partial charge on any atom is 0.257 e. The third-order valence-electron chi connectivity index (χ3n) is 5.17. The van der Waals surface area contributed by atoms with Gasteiger partial charge in [-0.3, -0.25) is 4.90 Å². The van der Waals surface area contributed by atoms with Crippen LogP contribution < -0.4 is 5.73 Å². The molecule has 0 radical (unpaired) electrons. The number of hydrogen-bond acceptors (Lipinski definition) is 5. The van der Waals surface area contributed by atoms with Crippen molar-refractivity contribution >= 4 is 12.4 Å². The van der Waals surface area contributed by atoms with Crippen LogP contribution in [0.25, 0.3) is 11.5 Å². The van der Waals surface area contributed by atoms with Crippen LogP contribution in [0.1, 0.15) is 49.9 Å². The molecular weight excluding hydrogens is 324 g/mol. The lowest BCUT2D eigenvalue weighted by Crippen LogP contribution is -2.34. The second-order valence-electron chi connectivity index (χ2n) is 6.97. The highest BCUT2D eigenvalue weighted by Crippen LogP contribution is 2.35. The Labute approximate surface area is 149 Å². The first kappa shape index (κ1) is 17.4. The molecule has 0 atom stereocenters. The summed E-state index contributed by atoms with van der Waals surface area (Å²) in [4.78, 5) is 7.05. The van der Waals surface area contributed by atoms with Gasteiger partial charge in [0.1, 0.15) is 0 Å². The van der Waals surface area contributed by atoms with Gasteiger partial charge in [-0.1, -0.05) is 30.1 Å². The topological polar surface area (TPSA) is 68.2 Å². The van der Waals surface area contributed by atoms with E-state index < -0.39 is 5.54 Å². The molecule has 2 N–H and O–H groups in total. The Kier molecular flexibility index (Phi) is 5.23. The van der Waals surface area contributed by atoms with Crippen molar-refractivity contribution in [3.8, 4) is 11.5 Å². The van der Waals surface area contributed by atoms with Crippen LogP contribution in [0.15, 0.2) is 28.8 Å². The molecule has 1 aliphatic heterocycles. The number of halogens is 1. The van der Waals surface area contributed by atoms with E-state index in [0.29, 0.717) is 11.7 Å². The Morgan fingerprint density at radius 2 is 1.71 bits per heavy atom. The van der Waals surface area contributed by atoms with Crippen LogP contribution in [0.3, 0.4) is 0 Å². The molecule has 0 spiro atoms. The van der Waals surface area contributed by atoms with Gasteiger partial charge in [0.05, 0.1) is 5.54 Å². The van der Waals surface area contributed by atoms with Gasteiger partial charge in [-0.25, -0.2) is 0 Å². The molecule has 0 amide bonds. The maximum absolute atomic E-state index is 6.40. The quantitative estimate of drug-likeness (QED) is 0.916. The Morgan fingerprint density at radius 1 is 1.04 bits per heavy atom. The van der Waals surface area contributed by atoms with Gasteiger partial charge in [0.25, 0.3) is 5.89 Å². The van der Waals surface area contributed by atoms with Crippen molar-refractivity contribution < 1.29 is 4.52 Å². The highest BCUT2D eigenvalue weighted by molar-refractivity contribution is 5.85. The van der Waals surface area contributed by atoms with Gasteiger partial charge < -0.3 is 10.3 Å². The minimum atomic E-state index is -0.391.